The van der Waals surface area contributed by atoms with E-state index in [0.29, 0.717) is 16.1 Å². The smallest absolute Gasteiger partial charge is 0.0649 e. The third-order valence-corrected chi connectivity index (χ3v) is 4.62. The molecular formula is C15H23Cl2N3. The van der Waals surface area contributed by atoms with Crippen LogP contribution in [0.1, 0.15) is 31.2 Å². The summed E-state index contributed by atoms with van der Waals surface area (Å²) in [5, 5.41) is 1.35. The number of piperidine rings is 1. The second-order valence-corrected chi connectivity index (χ2v) is 6.61. The lowest BCUT2D eigenvalue weighted by atomic mass is 9.98. The van der Waals surface area contributed by atoms with Crippen LogP contribution in [0.2, 0.25) is 10.0 Å². The van der Waals surface area contributed by atoms with E-state index in [1.165, 1.54) is 25.7 Å². The minimum atomic E-state index is 0.631. The van der Waals surface area contributed by atoms with E-state index in [4.69, 9.17) is 23.2 Å². The second-order valence-electron chi connectivity index (χ2n) is 5.79. The summed E-state index contributed by atoms with van der Waals surface area (Å²) in [7, 11) is 4.26. The normalized spacial score (nSPS) is 20.6. The molecule has 0 spiro atoms. The quantitative estimate of drug-likeness (QED) is 0.826. The SMILES string of the molecule is CN(C)CCC1CCCCN1Cc1c(Cl)cncc1Cl. The lowest BCUT2D eigenvalue weighted by Crippen LogP contribution is -2.40. The van der Waals surface area contributed by atoms with Crippen LogP contribution in [0.5, 0.6) is 0 Å². The third kappa shape index (κ3) is 4.32. The van der Waals surface area contributed by atoms with Gasteiger partial charge in [-0.15, -0.1) is 0 Å². The fourth-order valence-corrected chi connectivity index (χ4v) is 3.28. The molecule has 20 heavy (non-hydrogen) atoms. The van der Waals surface area contributed by atoms with Crippen LogP contribution < -0.4 is 0 Å². The molecule has 0 aliphatic carbocycles. The van der Waals surface area contributed by atoms with Crippen LogP contribution in [0, 0.1) is 0 Å². The molecule has 0 amide bonds. The molecule has 112 valence electrons. The Balaban J connectivity index is 2.04. The van der Waals surface area contributed by atoms with Crippen LogP contribution in [0.15, 0.2) is 12.4 Å². The summed E-state index contributed by atoms with van der Waals surface area (Å²) in [4.78, 5) is 8.80. The zero-order valence-electron chi connectivity index (χ0n) is 12.3. The molecule has 2 heterocycles. The maximum absolute atomic E-state index is 6.24. The van der Waals surface area contributed by atoms with Gasteiger partial charge in [0.25, 0.3) is 0 Å². The summed E-state index contributed by atoms with van der Waals surface area (Å²) >= 11 is 12.5. The molecule has 1 atom stereocenters. The largest absolute Gasteiger partial charge is 0.309 e. The van der Waals surface area contributed by atoms with Gasteiger partial charge >= 0.3 is 0 Å². The first-order valence-corrected chi connectivity index (χ1v) is 8.00. The van der Waals surface area contributed by atoms with Gasteiger partial charge in [0.1, 0.15) is 0 Å². The fraction of sp³-hybridized carbons (Fsp3) is 0.667. The molecule has 0 bridgehead atoms. The average Bonchev–Trinajstić information content (AvgIpc) is 2.42. The Kier molecular flexibility index (Phi) is 6.09. The fourth-order valence-electron chi connectivity index (χ4n) is 2.79. The minimum Gasteiger partial charge on any atom is -0.309 e. The summed E-state index contributed by atoms with van der Waals surface area (Å²) in [5.74, 6) is 0. The molecule has 0 saturated carbocycles. The first-order valence-electron chi connectivity index (χ1n) is 7.24. The van der Waals surface area contributed by atoms with Gasteiger partial charge < -0.3 is 4.90 Å². The maximum atomic E-state index is 6.24. The molecule has 0 aromatic carbocycles. The van der Waals surface area contributed by atoms with Crippen molar-refractivity contribution in [3.63, 3.8) is 0 Å². The third-order valence-electron chi connectivity index (χ3n) is 3.97. The summed E-state index contributed by atoms with van der Waals surface area (Å²) in [6.07, 6.45) is 8.43. The first-order chi connectivity index (χ1) is 9.58. The zero-order chi connectivity index (χ0) is 14.5. The van der Waals surface area contributed by atoms with E-state index in [1.807, 2.05) is 0 Å². The Bertz CT molecular complexity index is 417. The molecule has 3 nitrogen and oxygen atoms in total. The van der Waals surface area contributed by atoms with E-state index in [2.05, 4.69) is 28.9 Å². The van der Waals surface area contributed by atoms with E-state index < -0.39 is 0 Å². The molecule has 1 aliphatic heterocycles. The maximum Gasteiger partial charge on any atom is 0.0649 e. The number of rotatable bonds is 5. The highest BCUT2D eigenvalue weighted by atomic mass is 35.5. The van der Waals surface area contributed by atoms with Crippen molar-refractivity contribution in [1.29, 1.82) is 0 Å². The highest BCUT2D eigenvalue weighted by Crippen LogP contribution is 2.28. The van der Waals surface area contributed by atoms with Crippen molar-refractivity contribution in [2.24, 2.45) is 0 Å². The Labute approximate surface area is 131 Å². The van der Waals surface area contributed by atoms with Gasteiger partial charge in [-0.1, -0.05) is 29.6 Å². The molecule has 0 N–H and O–H groups in total. The van der Waals surface area contributed by atoms with Gasteiger partial charge in [0.2, 0.25) is 0 Å². The summed E-state index contributed by atoms with van der Waals surface area (Å²) in [6.45, 7) is 3.09. The van der Waals surface area contributed by atoms with Gasteiger partial charge in [-0.2, -0.15) is 0 Å². The van der Waals surface area contributed by atoms with Gasteiger partial charge in [-0.25, -0.2) is 0 Å². The van der Waals surface area contributed by atoms with Crippen LogP contribution in [0.4, 0.5) is 0 Å². The number of nitrogens with zero attached hydrogens (tertiary/aromatic N) is 3. The molecular weight excluding hydrogens is 293 g/mol. The topological polar surface area (TPSA) is 19.4 Å². The van der Waals surface area contributed by atoms with Crippen LogP contribution in [-0.4, -0.2) is 48.0 Å². The van der Waals surface area contributed by atoms with Crippen molar-refractivity contribution >= 4 is 23.2 Å². The van der Waals surface area contributed by atoms with E-state index in [1.54, 1.807) is 12.4 Å². The lowest BCUT2D eigenvalue weighted by Gasteiger charge is -2.36. The van der Waals surface area contributed by atoms with Gasteiger partial charge in [-0.3, -0.25) is 9.88 Å². The van der Waals surface area contributed by atoms with E-state index >= 15 is 0 Å². The lowest BCUT2D eigenvalue weighted by molar-refractivity contribution is 0.124. The summed E-state index contributed by atoms with van der Waals surface area (Å²) in [6, 6.07) is 0.631. The highest BCUT2D eigenvalue weighted by Gasteiger charge is 2.23. The van der Waals surface area contributed by atoms with Crippen molar-refractivity contribution in [3.05, 3.63) is 28.0 Å². The molecule has 1 aromatic rings. The zero-order valence-corrected chi connectivity index (χ0v) is 13.8. The number of pyridine rings is 1. The average molecular weight is 316 g/mol. The molecule has 5 heteroatoms. The van der Waals surface area contributed by atoms with Crippen molar-refractivity contribution in [1.82, 2.24) is 14.8 Å². The number of hydrogen-bond donors (Lipinski definition) is 0. The van der Waals surface area contributed by atoms with Crippen molar-refractivity contribution in [3.8, 4) is 0 Å². The van der Waals surface area contributed by atoms with Crippen LogP contribution >= 0.6 is 23.2 Å². The molecule has 1 aromatic heterocycles. The van der Waals surface area contributed by atoms with E-state index in [-0.39, 0.29) is 0 Å². The van der Waals surface area contributed by atoms with Crippen LogP contribution in [0.3, 0.4) is 0 Å². The Morgan fingerprint density at radius 3 is 2.60 bits per heavy atom. The van der Waals surface area contributed by atoms with Gasteiger partial charge in [-0.05, 0) is 46.4 Å². The van der Waals surface area contributed by atoms with E-state index in [0.717, 1.165) is 25.2 Å². The number of likely N-dealkylation sites (tertiary alicyclic amines) is 1. The van der Waals surface area contributed by atoms with Crippen LogP contribution in [0.25, 0.3) is 0 Å². The predicted octanol–water partition coefficient (Wildman–Crippen LogP) is 3.69. The monoisotopic (exact) mass is 315 g/mol. The molecule has 1 fully saturated rings. The van der Waals surface area contributed by atoms with E-state index in [9.17, 15) is 0 Å². The minimum absolute atomic E-state index is 0.631. The first kappa shape index (κ1) is 16.0. The van der Waals surface area contributed by atoms with Crippen molar-refractivity contribution in [2.75, 3.05) is 27.2 Å². The summed E-state index contributed by atoms with van der Waals surface area (Å²) < 4.78 is 0. The number of halogens is 2. The molecule has 1 aliphatic rings. The standard InChI is InChI=1S/C15H23Cl2N3/c1-19(2)8-6-12-5-3-4-7-20(12)11-13-14(16)9-18-10-15(13)17/h9-10,12H,3-8,11H2,1-2H3. The molecule has 1 saturated heterocycles. The Morgan fingerprint density at radius 2 is 1.95 bits per heavy atom. The number of hydrogen-bond acceptors (Lipinski definition) is 3. The molecule has 2 rings (SSSR count). The number of aromatic nitrogens is 1. The Hall–Kier alpha value is -0.350. The van der Waals surface area contributed by atoms with Crippen LogP contribution in [-0.2, 0) is 6.54 Å². The van der Waals surface area contributed by atoms with Crippen molar-refractivity contribution in [2.45, 2.75) is 38.3 Å². The molecule has 1 unspecified atom stereocenters. The van der Waals surface area contributed by atoms with Gasteiger partial charge in [0.15, 0.2) is 0 Å². The predicted molar refractivity (Wildman–Crippen MR) is 85.5 cm³/mol. The summed E-state index contributed by atoms with van der Waals surface area (Å²) in [5.41, 5.74) is 1.01. The highest BCUT2D eigenvalue weighted by molar-refractivity contribution is 6.35. The van der Waals surface area contributed by atoms with Crippen molar-refractivity contribution < 1.29 is 0 Å². The Morgan fingerprint density at radius 1 is 1.25 bits per heavy atom. The molecule has 0 radical (unpaired) electrons. The van der Waals surface area contributed by atoms with Gasteiger partial charge in [0, 0.05) is 30.5 Å². The second kappa shape index (κ2) is 7.60. The van der Waals surface area contributed by atoms with Gasteiger partial charge in [0.05, 0.1) is 10.0 Å².